The van der Waals surface area contributed by atoms with Crippen molar-refractivity contribution in [3.05, 3.63) is 76.4 Å². The molecule has 2 N–H and O–H groups in total. The van der Waals surface area contributed by atoms with Crippen molar-refractivity contribution in [2.24, 2.45) is 0 Å². The average molecular weight is 377 g/mol. The van der Waals surface area contributed by atoms with Crippen LogP contribution in [-0.2, 0) is 0 Å². The van der Waals surface area contributed by atoms with Crippen molar-refractivity contribution in [3.63, 3.8) is 0 Å². The Morgan fingerprint density at radius 1 is 1.04 bits per heavy atom. The maximum Gasteiger partial charge on any atom is 0.274 e. The second-order valence-corrected chi connectivity index (χ2v) is 5.85. The number of hydrogen-bond acceptors (Lipinski definition) is 4. The van der Waals surface area contributed by atoms with Crippen molar-refractivity contribution in [2.45, 2.75) is 0 Å². The van der Waals surface area contributed by atoms with E-state index in [9.17, 15) is 9.18 Å². The molecule has 0 unspecified atom stereocenters. The maximum atomic E-state index is 13.2. The number of carbonyl (C=O) groups is 1. The molecule has 0 atom stereocenters. The van der Waals surface area contributed by atoms with E-state index in [0.29, 0.717) is 27.2 Å². The number of anilines is 3. The van der Waals surface area contributed by atoms with Crippen molar-refractivity contribution in [2.75, 3.05) is 10.6 Å². The summed E-state index contributed by atoms with van der Waals surface area (Å²) < 4.78 is 13.2. The van der Waals surface area contributed by atoms with Crippen LogP contribution in [0.15, 0.2) is 54.9 Å². The lowest BCUT2D eigenvalue weighted by Gasteiger charge is -2.09. The zero-order valence-electron chi connectivity index (χ0n) is 12.6. The molecule has 0 spiro atoms. The third-order valence-corrected chi connectivity index (χ3v) is 3.74. The number of halogens is 3. The van der Waals surface area contributed by atoms with Gasteiger partial charge < -0.3 is 10.6 Å². The van der Waals surface area contributed by atoms with Crippen molar-refractivity contribution in [3.8, 4) is 0 Å². The molecular formula is C17H11Cl2FN4O. The molecule has 1 heterocycles. The van der Waals surface area contributed by atoms with Crippen LogP contribution in [0.3, 0.4) is 0 Å². The fourth-order valence-corrected chi connectivity index (χ4v) is 2.38. The van der Waals surface area contributed by atoms with Crippen molar-refractivity contribution < 1.29 is 9.18 Å². The minimum absolute atomic E-state index is 0.111. The number of hydrogen-bond donors (Lipinski definition) is 2. The SMILES string of the molecule is O=C(Nc1cccc(F)c1)c1cc(Nc2cc(Cl)ccc2Cl)ncn1. The van der Waals surface area contributed by atoms with E-state index in [-0.39, 0.29) is 5.69 Å². The van der Waals surface area contributed by atoms with Gasteiger partial charge in [0.15, 0.2) is 0 Å². The van der Waals surface area contributed by atoms with Gasteiger partial charge in [0.05, 0.1) is 10.7 Å². The molecule has 126 valence electrons. The van der Waals surface area contributed by atoms with Crippen LogP contribution in [0.2, 0.25) is 10.0 Å². The Labute approximate surface area is 152 Å². The predicted molar refractivity (Wildman–Crippen MR) is 96.1 cm³/mol. The Balaban J connectivity index is 1.79. The normalized spacial score (nSPS) is 10.4. The van der Waals surface area contributed by atoms with E-state index >= 15 is 0 Å². The van der Waals surface area contributed by atoms with Gasteiger partial charge in [-0.05, 0) is 36.4 Å². The van der Waals surface area contributed by atoms with Crippen LogP contribution >= 0.6 is 23.2 Å². The highest BCUT2D eigenvalue weighted by Crippen LogP contribution is 2.27. The van der Waals surface area contributed by atoms with Gasteiger partial charge in [0.1, 0.15) is 23.7 Å². The predicted octanol–water partition coefficient (Wildman–Crippen LogP) is 4.92. The highest BCUT2D eigenvalue weighted by atomic mass is 35.5. The summed E-state index contributed by atoms with van der Waals surface area (Å²) in [4.78, 5) is 20.2. The molecule has 0 saturated carbocycles. The first-order valence-electron chi connectivity index (χ1n) is 7.12. The van der Waals surface area contributed by atoms with Gasteiger partial charge in [-0.25, -0.2) is 14.4 Å². The van der Waals surface area contributed by atoms with Crippen molar-refractivity contribution in [1.82, 2.24) is 9.97 Å². The number of nitrogens with zero attached hydrogens (tertiary/aromatic N) is 2. The van der Waals surface area contributed by atoms with Crippen molar-refractivity contribution in [1.29, 1.82) is 0 Å². The fourth-order valence-electron chi connectivity index (χ4n) is 2.04. The lowest BCUT2D eigenvalue weighted by molar-refractivity contribution is 0.102. The smallest absolute Gasteiger partial charge is 0.274 e. The Bertz CT molecular complexity index is 936. The zero-order valence-corrected chi connectivity index (χ0v) is 14.1. The molecule has 0 aliphatic heterocycles. The number of nitrogens with one attached hydrogen (secondary N) is 2. The minimum atomic E-state index is -0.492. The Morgan fingerprint density at radius 2 is 1.88 bits per heavy atom. The standard InChI is InChI=1S/C17H11Cl2FN4O/c18-10-4-5-13(19)14(6-10)24-16-8-15(21-9-22-16)17(25)23-12-3-1-2-11(20)7-12/h1-9H,(H,23,25)(H,21,22,24). The van der Waals surface area contributed by atoms with E-state index in [2.05, 4.69) is 20.6 Å². The number of rotatable bonds is 4. The largest absolute Gasteiger partial charge is 0.339 e. The molecule has 0 saturated heterocycles. The molecule has 1 aromatic heterocycles. The summed E-state index contributed by atoms with van der Waals surface area (Å²) in [5, 5.41) is 6.50. The van der Waals surface area contributed by atoms with Crippen LogP contribution < -0.4 is 10.6 Å². The molecule has 5 nitrogen and oxygen atoms in total. The third kappa shape index (κ3) is 4.43. The van der Waals surface area contributed by atoms with Crippen LogP contribution in [0, 0.1) is 5.82 Å². The van der Waals surface area contributed by atoms with Crippen LogP contribution in [-0.4, -0.2) is 15.9 Å². The topological polar surface area (TPSA) is 66.9 Å². The molecule has 0 aliphatic rings. The second kappa shape index (κ2) is 7.46. The van der Waals surface area contributed by atoms with Gasteiger partial charge in [-0.2, -0.15) is 0 Å². The maximum absolute atomic E-state index is 13.2. The lowest BCUT2D eigenvalue weighted by atomic mass is 10.3. The average Bonchev–Trinajstić information content (AvgIpc) is 2.58. The van der Waals surface area contributed by atoms with E-state index in [4.69, 9.17) is 23.2 Å². The van der Waals surface area contributed by atoms with Crippen molar-refractivity contribution >= 4 is 46.3 Å². The molecule has 0 bridgehead atoms. The highest BCUT2D eigenvalue weighted by Gasteiger charge is 2.11. The van der Waals surface area contributed by atoms with E-state index in [1.165, 1.54) is 30.6 Å². The zero-order chi connectivity index (χ0) is 17.8. The van der Waals surface area contributed by atoms with Crippen LogP contribution in [0.5, 0.6) is 0 Å². The number of amides is 1. The van der Waals surface area contributed by atoms with Gasteiger partial charge in [0.2, 0.25) is 0 Å². The molecule has 0 aliphatic carbocycles. The van der Waals surface area contributed by atoms with Gasteiger partial charge in [-0.15, -0.1) is 0 Å². The molecule has 1 amide bonds. The summed E-state index contributed by atoms with van der Waals surface area (Å²) in [5.41, 5.74) is 0.986. The Morgan fingerprint density at radius 3 is 2.68 bits per heavy atom. The number of aromatic nitrogens is 2. The number of carbonyl (C=O) groups excluding carboxylic acids is 1. The molecule has 3 rings (SSSR count). The van der Waals surface area contributed by atoms with Gasteiger partial charge >= 0.3 is 0 Å². The summed E-state index contributed by atoms with van der Waals surface area (Å²) in [6.45, 7) is 0. The van der Waals surface area contributed by atoms with Crippen LogP contribution in [0.1, 0.15) is 10.5 Å². The first-order valence-corrected chi connectivity index (χ1v) is 7.88. The van der Waals surface area contributed by atoms with Gasteiger partial charge in [-0.3, -0.25) is 4.79 Å². The monoisotopic (exact) mass is 376 g/mol. The summed E-state index contributed by atoms with van der Waals surface area (Å²) in [5.74, 6) is -0.574. The highest BCUT2D eigenvalue weighted by molar-refractivity contribution is 6.35. The molecule has 0 fully saturated rings. The number of benzene rings is 2. The Hall–Kier alpha value is -2.70. The van der Waals surface area contributed by atoms with Gasteiger partial charge in [-0.1, -0.05) is 29.3 Å². The van der Waals surface area contributed by atoms with E-state index in [1.54, 1.807) is 24.3 Å². The molecular weight excluding hydrogens is 366 g/mol. The second-order valence-electron chi connectivity index (χ2n) is 5.00. The van der Waals surface area contributed by atoms with E-state index < -0.39 is 11.7 Å². The third-order valence-electron chi connectivity index (χ3n) is 3.17. The van der Waals surface area contributed by atoms with Gasteiger partial charge in [0, 0.05) is 16.8 Å². The quantitative estimate of drug-likeness (QED) is 0.678. The van der Waals surface area contributed by atoms with Crippen LogP contribution in [0.25, 0.3) is 0 Å². The molecule has 0 radical (unpaired) electrons. The van der Waals surface area contributed by atoms with E-state index in [1.807, 2.05) is 0 Å². The minimum Gasteiger partial charge on any atom is -0.339 e. The summed E-state index contributed by atoms with van der Waals surface area (Å²) in [6, 6.07) is 12.0. The lowest BCUT2D eigenvalue weighted by Crippen LogP contribution is -2.14. The van der Waals surface area contributed by atoms with Gasteiger partial charge in [0.25, 0.3) is 5.91 Å². The Kier molecular flexibility index (Phi) is 5.11. The summed E-state index contributed by atoms with van der Waals surface area (Å²) in [7, 11) is 0. The molecule has 25 heavy (non-hydrogen) atoms. The summed E-state index contributed by atoms with van der Waals surface area (Å²) >= 11 is 12.0. The summed E-state index contributed by atoms with van der Waals surface area (Å²) in [6.07, 6.45) is 1.24. The molecule has 3 aromatic rings. The molecule has 8 heteroatoms. The fraction of sp³-hybridized carbons (Fsp3) is 0. The van der Waals surface area contributed by atoms with Crippen LogP contribution in [0.4, 0.5) is 21.6 Å². The first-order chi connectivity index (χ1) is 12.0. The first kappa shape index (κ1) is 17.1. The molecule has 2 aromatic carbocycles. The van der Waals surface area contributed by atoms with E-state index in [0.717, 1.165) is 0 Å².